The minimum Gasteiger partial charge on any atom is -0.342 e. The van der Waals surface area contributed by atoms with Gasteiger partial charge >= 0.3 is 0 Å². The third kappa shape index (κ3) is 3.44. The molecule has 2 heterocycles. The monoisotopic (exact) mass is 346 g/mol. The van der Waals surface area contributed by atoms with Crippen LogP contribution in [0.4, 0.5) is 0 Å². The Morgan fingerprint density at radius 1 is 1.24 bits per heavy atom. The summed E-state index contributed by atoms with van der Waals surface area (Å²) in [6, 6.07) is 12.3. The topological polar surface area (TPSA) is 34.0 Å². The molecule has 21 heavy (non-hydrogen) atoms. The predicted octanol–water partition coefficient (Wildman–Crippen LogP) is 3.60. The van der Waals surface area contributed by atoms with Crippen molar-refractivity contribution >= 4 is 21.7 Å². The van der Waals surface area contributed by atoms with Crippen molar-refractivity contribution in [2.45, 2.75) is 25.3 Å². The van der Waals surface area contributed by atoms with Crippen LogP contribution in [0.15, 0.2) is 47.1 Å². The third-order valence-corrected chi connectivity index (χ3v) is 4.51. The van der Waals surface area contributed by atoms with E-state index < -0.39 is 0 Å². The van der Waals surface area contributed by atoms with Crippen molar-refractivity contribution < 1.29 is 4.79 Å². The molecule has 0 saturated carbocycles. The van der Waals surface area contributed by atoms with Gasteiger partial charge in [0.05, 0.1) is 5.69 Å². The largest absolute Gasteiger partial charge is 0.342 e. The van der Waals surface area contributed by atoms with Crippen LogP contribution in [0.25, 0.3) is 0 Å². The fourth-order valence-electron chi connectivity index (χ4n) is 2.96. The first-order chi connectivity index (χ1) is 10.2. The number of carbonyl (C=O) groups is 1. The van der Waals surface area contributed by atoms with E-state index in [0.29, 0.717) is 12.5 Å². The van der Waals surface area contributed by atoms with Gasteiger partial charge < -0.3 is 9.88 Å². The van der Waals surface area contributed by atoms with Crippen LogP contribution in [0.3, 0.4) is 0 Å². The summed E-state index contributed by atoms with van der Waals surface area (Å²) in [6.07, 6.45) is 4.68. The summed E-state index contributed by atoms with van der Waals surface area (Å²) < 4.78 is 3.18. The standard InChI is InChI=1S/C17H19BrN2O/c18-14-4-1-3-13(11-14)12-17(21)16-5-2-10-20(16)15-6-8-19-9-7-15/h1-5,10-11,15,19H,6-9,12H2. The van der Waals surface area contributed by atoms with Crippen molar-refractivity contribution in [3.8, 4) is 0 Å². The van der Waals surface area contributed by atoms with Gasteiger partial charge in [0.25, 0.3) is 0 Å². The summed E-state index contributed by atoms with van der Waals surface area (Å²) in [5, 5.41) is 3.37. The molecule has 3 nitrogen and oxygen atoms in total. The summed E-state index contributed by atoms with van der Waals surface area (Å²) in [7, 11) is 0. The second-order valence-electron chi connectivity index (χ2n) is 5.51. The Labute approximate surface area is 133 Å². The van der Waals surface area contributed by atoms with Crippen molar-refractivity contribution in [1.29, 1.82) is 0 Å². The van der Waals surface area contributed by atoms with Gasteiger partial charge in [-0.2, -0.15) is 0 Å². The molecule has 3 rings (SSSR count). The summed E-state index contributed by atoms with van der Waals surface area (Å²) in [5.41, 5.74) is 1.88. The number of benzene rings is 1. The summed E-state index contributed by atoms with van der Waals surface area (Å²) in [6.45, 7) is 2.06. The van der Waals surface area contributed by atoms with Gasteiger partial charge in [-0.1, -0.05) is 28.1 Å². The average Bonchev–Trinajstić information content (AvgIpc) is 2.98. The van der Waals surface area contributed by atoms with Crippen molar-refractivity contribution in [3.63, 3.8) is 0 Å². The normalized spacial score (nSPS) is 16.0. The molecule has 0 spiro atoms. The number of nitrogens with one attached hydrogen (secondary N) is 1. The van der Waals surface area contributed by atoms with Crippen molar-refractivity contribution in [2.75, 3.05) is 13.1 Å². The lowest BCUT2D eigenvalue weighted by Crippen LogP contribution is -2.30. The van der Waals surface area contributed by atoms with Gasteiger partial charge in [0.1, 0.15) is 0 Å². The number of hydrogen-bond acceptors (Lipinski definition) is 2. The number of nitrogens with zero attached hydrogens (tertiary/aromatic N) is 1. The molecule has 4 heteroatoms. The number of aromatic nitrogens is 1. The van der Waals surface area contributed by atoms with Gasteiger partial charge in [-0.05, 0) is 55.8 Å². The molecule has 0 amide bonds. The van der Waals surface area contributed by atoms with Crippen LogP contribution < -0.4 is 5.32 Å². The molecule has 1 aliphatic rings. The number of Topliss-reactive ketones (excluding diaryl/α,β-unsaturated/α-hetero) is 1. The van der Waals surface area contributed by atoms with Gasteiger partial charge in [-0.15, -0.1) is 0 Å². The molecule has 1 aromatic heterocycles. The van der Waals surface area contributed by atoms with E-state index in [1.165, 1.54) is 0 Å². The molecule has 1 saturated heterocycles. The molecular formula is C17H19BrN2O. The Hall–Kier alpha value is -1.39. The minimum absolute atomic E-state index is 0.191. The Bertz CT molecular complexity index is 629. The van der Waals surface area contributed by atoms with Crippen LogP contribution in [0.1, 0.15) is 34.9 Å². The van der Waals surface area contributed by atoms with Gasteiger partial charge in [-0.3, -0.25) is 4.79 Å². The molecular weight excluding hydrogens is 328 g/mol. The van der Waals surface area contributed by atoms with Crippen LogP contribution in [0.2, 0.25) is 0 Å². The van der Waals surface area contributed by atoms with Crippen molar-refractivity contribution in [2.24, 2.45) is 0 Å². The first kappa shape index (κ1) is 14.5. The lowest BCUT2D eigenvalue weighted by molar-refractivity contribution is 0.0980. The van der Waals surface area contributed by atoms with E-state index in [-0.39, 0.29) is 5.78 Å². The molecule has 110 valence electrons. The van der Waals surface area contributed by atoms with E-state index in [9.17, 15) is 4.79 Å². The minimum atomic E-state index is 0.191. The van der Waals surface area contributed by atoms with Gasteiger partial charge in [0.15, 0.2) is 5.78 Å². The Morgan fingerprint density at radius 2 is 2.05 bits per heavy atom. The fraction of sp³-hybridized carbons (Fsp3) is 0.353. The second-order valence-corrected chi connectivity index (χ2v) is 6.43. The zero-order valence-electron chi connectivity index (χ0n) is 11.9. The second kappa shape index (κ2) is 6.58. The zero-order valence-corrected chi connectivity index (χ0v) is 13.5. The van der Waals surface area contributed by atoms with E-state index in [1.807, 2.05) is 42.6 Å². The fourth-order valence-corrected chi connectivity index (χ4v) is 3.40. The number of rotatable bonds is 4. The van der Waals surface area contributed by atoms with Crippen molar-refractivity contribution in [3.05, 3.63) is 58.3 Å². The van der Waals surface area contributed by atoms with Gasteiger partial charge in [0.2, 0.25) is 0 Å². The van der Waals surface area contributed by atoms with E-state index >= 15 is 0 Å². The predicted molar refractivity (Wildman–Crippen MR) is 87.7 cm³/mol. The molecule has 1 N–H and O–H groups in total. The van der Waals surface area contributed by atoms with Gasteiger partial charge in [0, 0.05) is 23.1 Å². The number of ketones is 1. The molecule has 0 atom stereocenters. The molecule has 0 radical (unpaired) electrons. The third-order valence-electron chi connectivity index (χ3n) is 4.02. The smallest absolute Gasteiger partial charge is 0.183 e. The van der Waals surface area contributed by atoms with E-state index in [4.69, 9.17) is 0 Å². The molecule has 1 aliphatic heterocycles. The van der Waals surface area contributed by atoms with E-state index in [1.54, 1.807) is 0 Å². The number of piperidine rings is 1. The molecule has 1 fully saturated rings. The van der Waals surface area contributed by atoms with Crippen LogP contribution >= 0.6 is 15.9 Å². The highest BCUT2D eigenvalue weighted by atomic mass is 79.9. The SMILES string of the molecule is O=C(Cc1cccc(Br)c1)c1cccn1C1CCNCC1. The van der Waals surface area contributed by atoms with Crippen molar-refractivity contribution in [1.82, 2.24) is 9.88 Å². The Morgan fingerprint density at radius 3 is 2.81 bits per heavy atom. The van der Waals surface area contributed by atoms with E-state index in [0.717, 1.165) is 41.7 Å². The van der Waals surface area contributed by atoms with Crippen LogP contribution in [-0.4, -0.2) is 23.4 Å². The maximum Gasteiger partial charge on any atom is 0.183 e. The highest BCUT2D eigenvalue weighted by Crippen LogP contribution is 2.22. The average molecular weight is 347 g/mol. The maximum atomic E-state index is 12.6. The van der Waals surface area contributed by atoms with Gasteiger partial charge in [-0.25, -0.2) is 0 Å². The summed E-state index contributed by atoms with van der Waals surface area (Å²) in [5.74, 6) is 0.191. The zero-order chi connectivity index (χ0) is 14.7. The quantitative estimate of drug-likeness (QED) is 0.858. The number of carbonyl (C=O) groups excluding carboxylic acids is 1. The first-order valence-corrected chi connectivity index (χ1v) is 8.18. The van der Waals surface area contributed by atoms with E-state index in [2.05, 4.69) is 25.8 Å². The Balaban J connectivity index is 1.77. The highest BCUT2D eigenvalue weighted by Gasteiger charge is 2.19. The maximum absolute atomic E-state index is 12.6. The molecule has 0 unspecified atom stereocenters. The number of halogens is 1. The lowest BCUT2D eigenvalue weighted by atomic mass is 10.0. The summed E-state index contributed by atoms with van der Waals surface area (Å²) in [4.78, 5) is 12.6. The number of hydrogen-bond donors (Lipinski definition) is 1. The highest BCUT2D eigenvalue weighted by molar-refractivity contribution is 9.10. The van der Waals surface area contributed by atoms with Crippen LogP contribution in [-0.2, 0) is 6.42 Å². The molecule has 2 aromatic rings. The van der Waals surface area contributed by atoms with Crippen LogP contribution in [0, 0.1) is 0 Å². The lowest BCUT2D eigenvalue weighted by Gasteiger charge is -2.25. The Kier molecular flexibility index (Phi) is 4.56. The molecule has 0 aliphatic carbocycles. The first-order valence-electron chi connectivity index (χ1n) is 7.39. The summed E-state index contributed by atoms with van der Waals surface area (Å²) >= 11 is 3.45. The van der Waals surface area contributed by atoms with Crippen LogP contribution in [0.5, 0.6) is 0 Å². The molecule has 1 aromatic carbocycles. The molecule has 0 bridgehead atoms.